The van der Waals surface area contributed by atoms with E-state index in [9.17, 15) is 9.90 Å². The fourth-order valence-electron chi connectivity index (χ4n) is 3.86. The topological polar surface area (TPSA) is 55.1 Å². The van der Waals surface area contributed by atoms with Gasteiger partial charge in [-0.3, -0.25) is 0 Å². The van der Waals surface area contributed by atoms with Crippen LogP contribution in [0.4, 0.5) is 0 Å². The molecule has 0 spiro atoms. The number of rotatable bonds is 6. The van der Waals surface area contributed by atoms with Gasteiger partial charge in [0.05, 0.1) is 12.0 Å². The Morgan fingerprint density at radius 1 is 0.833 bits per heavy atom. The zero-order valence-corrected chi connectivity index (χ0v) is 16.6. The Balaban J connectivity index is 2.03. The molecule has 0 fully saturated rings. The molecule has 4 rings (SSSR count). The van der Waals surface area contributed by atoms with Crippen molar-refractivity contribution in [3.63, 3.8) is 0 Å². The van der Waals surface area contributed by atoms with Gasteiger partial charge >= 0.3 is 5.97 Å². The third-order valence-electron chi connectivity index (χ3n) is 5.27. The molecule has 0 aliphatic rings. The summed E-state index contributed by atoms with van der Waals surface area (Å²) in [4.78, 5) is 15.8. The molecule has 0 amide bonds. The van der Waals surface area contributed by atoms with Crippen LogP contribution in [0.5, 0.6) is 0 Å². The van der Waals surface area contributed by atoms with Crippen molar-refractivity contribution in [3.05, 3.63) is 131 Å². The van der Waals surface area contributed by atoms with Gasteiger partial charge in [0.2, 0.25) is 0 Å². The summed E-state index contributed by atoms with van der Waals surface area (Å²) in [7, 11) is 0. The van der Waals surface area contributed by atoms with Crippen LogP contribution in [0.1, 0.15) is 29.3 Å². The summed E-state index contributed by atoms with van der Waals surface area (Å²) < 4.78 is 2.06. The number of carbonyl (C=O) groups is 1. The van der Waals surface area contributed by atoms with Crippen molar-refractivity contribution in [3.8, 4) is 0 Å². The molecule has 4 aromatic rings. The molecule has 0 unspecified atom stereocenters. The quantitative estimate of drug-likeness (QED) is 0.361. The fraction of sp³-hybridized carbons (Fsp3) is 0.0769. The van der Waals surface area contributed by atoms with E-state index in [0.717, 1.165) is 16.7 Å². The molecule has 1 heterocycles. The van der Waals surface area contributed by atoms with Crippen molar-refractivity contribution in [2.24, 2.45) is 0 Å². The average molecular weight is 394 g/mol. The summed E-state index contributed by atoms with van der Waals surface area (Å²) in [6, 6.07) is 30.8. The monoisotopic (exact) mass is 394 g/mol. The zero-order valence-electron chi connectivity index (χ0n) is 16.6. The van der Waals surface area contributed by atoms with Crippen LogP contribution in [-0.4, -0.2) is 20.6 Å². The number of benzene rings is 3. The number of nitrogens with zero attached hydrogens (tertiary/aromatic N) is 2. The summed E-state index contributed by atoms with van der Waals surface area (Å²) in [6.45, 7) is 1.57. The number of carboxylic acids is 1. The summed E-state index contributed by atoms with van der Waals surface area (Å²) in [5.41, 5.74) is 3.45. The van der Waals surface area contributed by atoms with Gasteiger partial charge in [-0.25, -0.2) is 9.78 Å². The molecule has 0 saturated heterocycles. The highest BCUT2D eigenvalue weighted by atomic mass is 16.4. The molecule has 30 heavy (non-hydrogen) atoms. The summed E-state index contributed by atoms with van der Waals surface area (Å²) in [6.07, 6.45) is 5.26. The van der Waals surface area contributed by atoms with E-state index < -0.39 is 11.5 Å². The van der Waals surface area contributed by atoms with Crippen LogP contribution in [0.25, 0.3) is 6.08 Å². The highest BCUT2D eigenvalue weighted by Crippen LogP contribution is 2.40. The van der Waals surface area contributed by atoms with Gasteiger partial charge in [-0.1, -0.05) is 91.0 Å². The lowest BCUT2D eigenvalue weighted by Crippen LogP contribution is -2.36. The third kappa shape index (κ3) is 3.44. The third-order valence-corrected chi connectivity index (χ3v) is 5.27. The van der Waals surface area contributed by atoms with E-state index in [0.29, 0.717) is 5.69 Å². The highest BCUT2D eigenvalue weighted by molar-refractivity contribution is 5.91. The smallest absolute Gasteiger partial charge is 0.331 e. The second-order valence-electron chi connectivity index (χ2n) is 7.15. The Labute approximate surface area is 175 Å². The van der Waals surface area contributed by atoms with Gasteiger partial charge in [0.25, 0.3) is 0 Å². The van der Waals surface area contributed by atoms with Crippen LogP contribution in [0.2, 0.25) is 0 Å². The lowest BCUT2D eigenvalue weighted by atomic mass is 9.77. The molecule has 0 bridgehead atoms. The Kier molecular flexibility index (Phi) is 5.31. The largest absolute Gasteiger partial charge is 0.478 e. The number of aliphatic carboxylic acids is 1. The maximum atomic E-state index is 11.3. The Hall–Kier alpha value is -3.92. The van der Waals surface area contributed by atoms with E-state index in [1.54, 1.807) is 19.3 Å². The van der Waals surface area contributed by atoms with Crippen molar-refractivity contribution in [2.75, 3.05) is 0 Å². The molecule has 1 aromatic heterocycles. The van der Waals surface area contributed by atoms with E-state index in [2.05, 4.69) is 45.9 Å². The standard InChI is InChI=1S/C26H22N2O2/c1-20(25(29)30)17-24-18-28(19-27-24)26(21-11-5-2-6-12-21,22-13-7-3-8-14-22)23-15-9-4-10-16-23/h2-19H,1H3,(H,29,30)/b20-17+. The van der Waals surface area contributed by atoms with E-state index >= 15 is 0 Å². The molecular formula is C26H22N2O2. The first-order chi connectivity index (χ1) is 14.6. The highest BCUT2D eigenvalue weighted by Gasteiger charge is 2.38. The molecular weight excluding hydrogens is 372 g/mol. The van der Waals surface area contributed by atoms with Crippen molar-refractivity contribution < 1.29 is 9.90 Å². The van der Waals surface area contributed by atoms with Gasteiger partial charge in [-0.15, -0.1) is 0 Å². The first-order valence-corrected chi connectivity index (χ1v) is 9.75. The first-order valence-electron chi connectivity index (χ1n) is 9.75. The molecule has 4 nitrogen and oxygen atoms in total. The van der Waals surface area contributed by atoms with Gasteiger partial charge in [-0.05, 0) is 29.7 Å². The van der Waals surface area contributed by atoms with Crippen LogP contribution >= 0.6 is 0 Å². The lowest BCUT2D eigenvalue weighted by Gasteiger charge is -2.37. The predicted molar refractivity (Wildman–Crippen MR) is 118 cm³/mol. The summed E-state index contributed by atoms with van der Waals surface area (Å²) >= 11 is 0. The van der Waals surface area contributed by atoms with Crippen molar-refractivity contribution in [1.29, 1.82) is 0 Å². The minimum Gasteiger partial charge on any atom is -0.478 e. The molecule has 0 saturated carbocycles. The first kappa shape index (κ1) is 19.4. The molecule has 0 aliphatic heterocycles. The van der Waals surface area contributed by atoms with Gasteiger partial charge in [0, 0.05) is 11.8 Å². The van der Waals surface area contributed by atoms with E-state index in [4.69, 9.17) is 0 Å². The van der Waals surface area contributed by atoms with Crippen molar-refractivity contribution >= 4 is 12.0 Å². The molecule has 0 atom stereocenters. The number of hydrogen-bond donors (Lipinski definition) is 1. The van der Waals surface area contributed by atoms with Crippen LogP contribution in [0, 0.1) is 0 Å². The maximum Gasteiger partial charge on any atom is 0.331 e. The normalized spacial score (nSPS) is 12.0. The minimum absolute atomic E-state index is 0.241. The van der Waals surface area contributed by atoms with Crippen molar-refractivity contribution in [1.82, 2.24) is 9.55 Å². The number of aromatic nitrogens is 2. The van der Waals surface area contributed by atoms with Gasteiger partial charge in [0.15, 0.2) is 0 Å². The van der Waals surface area contributed by atoms with Crippen LogP contribution in [0.15, 0.2) is 109 Å². The lowest BCUT2D eigenvalue weighted by molar-refractivity contribution is -0.132. The SMILES string of the molecule is C/C(=C\c1cn(C(c2ccccc2)(c2ccccc2)c2ccccc2)cn1)C(=O)O. The fourth-order valence-corrected chi connectivity index (χ4v) is 3.86. The number of hydrogen-bond acceptors (Lipinski definition) is 2. The molecule has 1 N–H and O–H groups in total. The van der Waals surface area contributed by atoms with E-state index in [-0.39, 0.29) is 5.57 Å². The van der Waals surface area contributed by atoms with E-state index in [1.165, 1.54) is 0 Å². The van der Waals surface area contributed by atoms with Crippen LogP contribution < -0.4 is 0 Å². The summed E-state index contributed by atoms with van der Waals surface area (Å²) in [5, 5.41) is 9.24. The van der Waals surface area contributed by atoms with Gasteiger partial charge in [0.1, 0.15) is 5.54 Å². The maximum absolute atomic E-state index is 11.3. The van der Waals surface area contributed by atoms with Gasteiger partial charge in [-0.2, -0.15) is 0 Å². The van der Waals surface area contributed by atoms with Crippen LogP contribution in [-0.2, 0) is 10.3 Å². The zero-order chi connectivity index (χ0) is 21.0. The van der Waals surface area contributed by atoms with Crippen LogP contribution in [0.3, 0.4) is 0 Å². The predicted octanol–water partition coefficient (Wildman–Crippen LogP) is 5.21. The van der Waals surface area contributed by atoms with Gasteiger partial charge < -0.3 is 9.67 Å². The average Bonchev–Trinajstić information content (AvgIpc) is 3.25. The Morgan fingerprint density at radius 2 is 1.27 bits per heavy atom. The van der Waals surface area contributed by atoms with Crippen molar-refractivity contribution in [2.45, 2.75) is 12.5 Å². The second kappa shape index (κ2) is 8.21. The minimum atomic E-state index is -0.954. The molecule has 0 aliphatic carbocycles. The molecule has 3 aromatic carbocycles. The molecule has 4 heteroatoms. The summed E-state index contributed by atoms with van der Waals surface area (Å²) in [5.74, 6) is -0.954. The Bertz CT molecular complexity index is 1070. The molecule has 0 radical (unpaired) electrons. The second-order valence-corrected chi connectivity index (χ2v) is 7.15. The van der Waals surface area contributed by atoms with E-state index in [1.807, 2.05) is 60.8 Å². The Morgan fingerprint density at radius 3 is 1.67 bits per heavy atom. The molecule has 148 valence electrons. The number of imidazole rings is 1. The number of carboxylic acid groups (broad SMARTS) is 1.